The molecule has 0 saturated carbocycles. The van der Waals surface area contributed by atoms with E-state index in [1.165, 1.54) is 18.2 Å². The maximum absolute atomic E-state index is 15.0. The Morgan fingerprint density at radius 1 is 1.16 bits per heavy atom. The molecule has 1 atom stereocenters. The third-order valence-electron chi connectivity index (χ3n) is 3.48. The normalized spacial score (nSPS) is 13.7. The molecule has 2 aromatic rings. The highest BCUT2D eigenvalue weighted by molar-refractivity contribution is 8.04. The van der Waals surface area contributed by atoms with Crippen LogP contribution in [0, 0.1) is 5.82 Å². The standard InChI is InChI=1S/C17H19ClFNO3S2/c1-17(2,3)14-7-5-6-12(16(14)19)13-10-11(8-9-15(13)18)24(21)20-25(4,22)23/h5-10,20H,1-4H3. The zero-order valence-electron chi connectivity index (χ0n) is 14.3. The highest BCUT2D eigenvalue weighted by Gasteiger charge is 2.24. The predicted molar refractivity (Wildman–Crippen MR) is 99.9 cm³/mol. The summed E-state index contributed by atoms with van der Waals surface area (Å²) in [4.78, 5) is 0.186. The molecule has 0 fully saturated rings. The van der Waals surface area contributed by atoms with Crippen molar-refractivity contribution in [1.29, 1.82) is 0 Å². The second kappa shape index (κ2) is 7.25. The Labute approximate surface area is 155 Å². The lowest BCUT2D eigenvalue weighted by Gasteiger charge is -2.21. The molecule has 1 unspecified atom stereocenters. The van der Waals surface area contributed by atoms with Crippen LogP contribution < -0.4 is 4.13 Å². The molecular formula is C17H19ClFNO3S2. The van der Waals surface area contributed by atoms with E-state index in [1.807, 2.05) is 24.9 Å². The lowest BCUT2D eigenvalue weighted by Crippen LogP contribution is -2.29. The summed E-state index contributed by atoms with van der Waals surface area (Å²) < 4.78 is 51.6. The zero-order valence-corrected chi connectivity index (χ0v) is 16.7. The molecule has 1 N–H and O–H groups in total. The van der Waals surface area contributed by atoms with Gasteiger partial charge in [-0.15, -0.1) is 0 Å². The molecule has 0 aliphatic heterocycles. The Hall–Kier alpha value is -1.12. The van der Waals surface area contributed by atoms with E-state index in [0.717, 1.165) is 6.26 Å². The first-order valence-electron chi connectivity index (χ1n) is 7.38. The summed E-state index contributed by atoms with van der Waals surface area (Å²) in [5.74, 6) is -0.407. The first-order valence-corrected chi connectivity index (χ1v) is 10.8. The largest absolute Gasteiger partial charge is 0.592 e. The molecule has 0 bridgehead atoms. The summed E-state index contributed by atoms with van der Waals surface area (Å²) in [6.45, 7) is 5.70. The zero-order chi connectivity index (χ0) is 19.0. The Bertz CT molecular complexity index is 895. The quantitative estimate of drug-likeness (QED) is 0.784. The Morgan fingerprint density at radius 2 is 1.80 bits per heavy atom. The number of nitrogens with one attached hydrogen (secondary N) is 1. The topological polar surface area (TPSA) is 69.2 Å². The van der Waals surface area contributed by atoms with E-state index in [0.29, 0.717) is 11.1 Å². The van der Waals surface area contributed by atoms with Crippen LogP contribution in [0.15, 0.2) is 41.3 Å². The Morgan fingerprint density at radius 3 is 2.36 bits per heavy atom. The van der Waals surface area contributed by atoms with Crippen LogP contribution in [0.3, 0.4) is 0 Å². The summed E-state index contributed by atoms with van der Waals surface area (Å²) in [6.07, 6.45) is 0.911. The van der Waals surface area contributed by atoms with Crippen molar-refractivity contribution in [3.8, 4) is 11.1 Å². The van der Waals surface area contributed by atoms with Crippen molar-refractivity contribution in [2.24, 2.45) is 0 Å². The molecule has 2 rings (SSSR count). The Kier molecular flexibility index (Phi) is 5.85. The minimum atomic E-state index is -3.65. The molecule has 8 heteroatoms. The fourth-order valence-electron chi connectivity index (χ4n) is 2.33. The fraction of sp³-hybridized carbons (Fsp3) is 0.294. The van der Waals surface area contributed by atoms with Crippen LogP contribution in [-0.2, 0) is 26.8 Å². The lowest BCUT2D eigenvalue weighted by atomic mass is 9.85. The molecule has 4 nitrogen and oxygen atoms in total. The van der Waals surface area contributed by atoms with Gasteiger partial charge in [0, 0.05) is 22.2 Å². The number of hydrogen-bond acceptors (Lipinski definition) is 3. The SMILES string of the molecule is CC(C)(C)c1cccc(-c2cc([S+]([O-])NS(C)(=O)=O)ccc2Cl)c1F. The minimum absolute atomic E-state index is 0.186. The number of benzene rings is 2. The van der Waals surface area contributed by atoms with Crippen LogP contribution in [-0.4, -0.2) is 19.2 Å². The maximum atomic E-state index is 15.0. The third-order valence-corrected chi connectivity index (χ3v) is 6.30. The molecule has 25 heavy (non-hydrogen) atoms. The molecule has 0 radical (unpaired) electrons. The number of halogens is 2. The van der Waals surface area contributed by atoms with E-state index in [-0.39, 0.29) is 15.5 Å². The number of rotatable bonds is 4. The van der Waals surface area contributed by atoms with E-state index in [4.69, 9.17) is 11.6 Å². The summed E-state index contributed by atoms with van der Waals surface area (Å²) in [7, 11) is -3.65. The van der Waals surface area contributed by atoms with Crippen molar-refractivity contribution >= 4 is 33.0 Å². The van der Waals surface area contributed by atoms with Crippen LogP contribution in [0.5, 0.6) is 0 Å². The minimum Gasteiger partial charge on any atom is -0.592 e. The van der Waals surface area contributed by atoms with Gasteiger partial charge in [0.2, 0.25) is 10.0 Å². The maximum Gasteiger partial charge on any atom is 0.248 e. The highest BCUT2D eigenvalue weighted by atomic mass is 35.5. The molecule has 0 heterocycles. The van der Waals surface area contributed by atoms with E-state index < -0.39 is 32.6 Å². The molecule has 0 aliphatic carbocycles. The van der Waals surface area contributed by atoms with Gasteiger partial charge in [-0.2, -0.15) is 0 Å². The van der Waals surface area contributed by atoms with Gasteiger partial charge in [0.05, 0.1) is 17.6 Å². The van der Waals surface area contributed by atoms with E-state index in [9.17, 15) is 17.4 Å². The van der Waals surface area contributed by atoms with Gasteiger partial charge in [-0.25, -0.2) is 12.8 Å². The van der Waals surface area contributed by atoms with E-state index in [2.05, 4.69) is 0 Å². The summed E-state index contributed by atoms with van der Waals surface area (Å²) in [6, 6.07) is 9.36. The molecule has 0 aromatic heterocycles. The molecule has 0 spiro atoms. The van der Waals surface area contributed by atoms with Crippen molar-refractivity contribution in [3.05, 3.63) is 52.8 Å². The van der Waals surface area contributed by atoms with Crippen LogP contribution >= 0.6 is 11.6 Å². The van der Waals surface area contributed by atoms with Crippen molar-refractivity contribution in [3.63, 3.8) is 0 Å². The van der Waals surface area contributed by atoms with E-state index in [1.54, 1.807) is 18.2 Å². The Balaban J connectivity index is 2.56. The second-order valence-electron chi connectivity index (χ2n) is 6.68. The molecule has 0 aliphatic rings. The molecule has 2 aromatic carbocycles. The number of sulfonamides is 1. The molecule has 136 valence electrons. The molecule has 0 saturated heterocycles. The summed E-state index contributed by atoms with van der Waals surface area (Å²) in [5.41, 5.74) is 0.758. The summed E-state index contributed by atoms with van der Waals surface area (Å²) >= 11 is 4.21. The van der Waals surface area contributed by atoms with Gasteiger partial charge in [-0.1, -0.05) is 50.6 Å². The van der Waals surface area contributed by atoms with Crippen molar-refractivity contribution in [1.82, 2.24) is 4.13 Å². The average Bonchev–Trinajstić information content (AvgIpc) is 2.45. The second-order valence-corrected chi connectivity index (χ2v) is 10.3. The summed E-state index contributed by atoms with van der Waals surface area (Å²) in [5, 5.41) is 0.282. The third kappa shape index (κ3) is 4.95. The van der Waals surface area contributed by atoms with Gasteiger partial charge in [-0.3, -0.25) is 0 Å². The van der Waals surface area contributed by atoms with Crippen molar-refractivity contribution in [2.45, 2.75) is 31.1 Å². The average molecular weight is 404 g/mol. The van der Waals surface area contributed by atoms with Crippen molar-refractivity contribution in [2.75, 3.05) is 6.26 Å². The van der Waals surface area contributed by atoms with Crippen LogP contribution in [0.2, 0.25) is 5.02 Å². The van der Waals surface area contributed by atoms with Gasteiger partial charge in [-0.05, 0) is 27.2 Å². The highest BCUT2D eigenvalue weighted by Crippen LogP contribution is 2.36. The van der Waals surface area contributed by atoms with Crippen molar-refractivity contribution < 1.29 is 17.4 Å². The van der Waals surface area contributed by atoms with Gasteiger partial charge >= 0.3 is 0 Å². The fourth-order valence-corrected chi connectivity index (χ4v) is 4.45. The molecule has 0 amide bonds. The smallest absolute Gasteiger partial charge is 0.248 e. The van der Waals surface area contributed by atoms with Crippen LogP contribution in [0.4, 0.5) is 4.39 Å². The van der Waals surface area contributed by atoms with Gasteiger partial charge in [0.25, 0.3) is 0 Å². The monoisotopic (exact) mass is 403 g/mol. The predicted octanol–water partition coefficient (Wildman–Crippen LogP) is 4.02. The first kappa shape index (κ1) is 20.2. The van der Waals surface area contributed by atoms with Gasteiger partial charge in [0.15, 0.2) is 4.90 Å². The molecular weight excluding hydrogens is 385 g/mol. The van der Waals surface area contributed by atoms with Crippen LogP contribution in [0.1, 0.15) is 26.3 Å². The van der Waals surface area contributed by atoms with E-state index >= 15 is 0 Å². The first-order chi connectivity index (χ1) is 11.4. The lowest BCUT2D eigenvalue weighted by molar-refractivity contribution is 0.525. The van der Waals surface area contributed by atoms with Gasteiger partial charge in [0.1, 0.15) is 5.82 Å². The number of hydrogen-bond donors (Lipinski definition) is 1. The van der Waals surface area contributed by atoms with Gasteiger partial charge < -0.3 is 4.55 Å². The van der Waals surface area contributed by atoms with Crippen LogP contribution in [0.25, 0.3) is 11.1 Å².